The number of ketones is 1. The summed E-state index contributed by atoms with van der Waals surface area (Å²) in [6.07, 6.45) is -10.1. The van der Waals surface area contributed by atoms with Gasteiger partial charge >= 0.3 is 12.4 Å². The van der Waals surface area contributed by atoms with E-state index >= 15 is 0 Å². The standard InChI is InChI=1S/C34H31ClF6N4O3Si/c1-31(2,3)49-48-32(4,5)30-25(26(43-47-30)23-13-9-10-14-24(23)35)29(46)27-28(20-11-7-6-8-12-20)45(44-42-27)18-19-15-21(33(36,37)38)17-22(16-19)34(39,40)41/h6-17H,18,49H2,1-5H3. The first-order chi connectivity index (χ1) is 22.8. The fraction of sp³-hybridized carbons (Fsp3) is 0.294. The van der Waals surface area contributed by atoms with Crippen LogP contribution in [0.1, 0.15) is 73.1 Å². The van der Waals surface area contributed by atoms with Crippen LogP contribution < -0.4 is 0 Å². The van der Waals surface area contributed by atoms with Gasteiger partial charge in [0.25, 0.3) is 0 Å². The second-order valence-corrected chi connectivity index (χ2v) is 16.2. The first-order valence-corrected chi connectivity index (χ1v) is 16.6. The Hall–Kier alpha value is -4.27. The zero-order valence-corrected chi connectivity index (χ0v) is 29.2. The van der Waals surface area contributed by atoms with Gasteiger partial charge in [-0.1, -0.05) is 91.3 Å². The van der Waals surface area contributed by atoms with E-state index in [1.165, 1.54) is 0 Å². The Kier molecular flexibility index (Phi) is 9.71. The second kappa shape index (κ2) is 13.2. The lowest BCUT2D eigenvalue weighted by atomic mass is 9.93. The lowest BCUT2D eigenvalue weighted by molar-refractivity contribution is -0.143. The molecule has 0 spiro atoms. The van der Waals surface area contributed by atoms with E-state index in [-0.39, 0.29) is 50.1 Å². The molecule has 49 heavy (non-hydrogen) atoms. The molecule has 0 aliphatic rings. The third-order valence-electron chi connectivity index (χ3n) is 7.44. The second-order valence-electron chi connectivity index (χ2n) is 13.1. The van der Waals surface area contributed by atoms with E-state index in [9.17, 15) is 31.1 Å². The molecule has 5 aromatic rings. The third kappa shape index (κ3) is 7.97. The largest absolute Gasteiger partial charge is 0.416 e. The molecule has 0 unspecified atom stereocenters. The van der Waals surface area contributed by atoms with Crippen LogP contribution in [0.3, 0.4) is 0 Å². The fourth-order valence-electron chi connectivity index (χ4n) is 5.07. The van der Waals surface area contributed by atoms with Crippen molar-refractivity contribution in [2.45, 2.75) is 64.2 Å². The number of hydrogen-bond donors (Lipinski definition) is 0. The molecule has 0 bridgehead atoms. The number of aromatic nitrogens is 4. The maximum Gasteiger partial charge on any atom is 0.416 e. The van der Waals surface area contributed by atoms with Gasteiger partial charge in [0.2, 0.25) is 5.78 Å². The molecule has 0 saturated heterocycles. The summed E-state index contributed by atoms with van der Waals surface area (Å²) >= 11 is 6.53. The average molecular weight is 721 g/mol. The van der Waals surface area contributed by atoms with Crippen LogP contribution >= 0.6 is 11.6 Å². The number of nitrogens with zero attached hydrogens (tertiary/aromatic N) is 4. The van der Waals surface area contributed by atoms with E-state index in [1.54, 1.807) is 68.4 Å². The van der Waals surface area contributed by atoms with E-state index < -0.39 is 51.2 Å². The van der Waals surface area contributed by atoms with Crippen molar-refractivity contribution < 1.29 is 40.1 Å². The minimum absolute atomic E-state index is 0.0244. The number of alkyl halides is 6. The van der Waals surface area contributed by atoms with Crippen LogP contribution in [0.15, 0.2) is 77.3 Å². The molecular weight excluding hydrogens is 690 g/mol. The first kappa shape index (κ1) is 36.0. The lowest BCUT2D eigenvalue weighted by Gasteiger charge is -2.28. The number of halogens is 7. The van der Waals surface area contributed by atoms with Crippen LogP contribution in [-0.4, -0.2) is 35.7 Å². The van der Waals surface area contributed by atoms with Crippen LogP contribution in [0.4, 0.5) is 26.3 Å². The molecular formula is C34H31ClF6N4O3Si. The van der Waals surface area contributed by atoms with Gasteiger partial charge in [-0.05, 0) is 48.7 Å². The number of rotatable bonds is 9. The van der Waals surface area contributed by atoms with Gasteiger partial charge in [-0.25, -0.2) is 4.68 Å². The quantitative estimate of drug-likeness (QED) is 0.0859. The van der Waals surface area contributed by atoms with Crippen molar-refractivity contribution in [1.29, 1.82) is 0 Å². The van der Waals surface area contributed by atoms with Gasteiger partial charge in [0.1, 0.15) is 17.0 Å². The highest BCUT2D eigenvalue weighted by molar-refractivity contribution is 6.33. The van der Waals surface area contributed by atoms with E-state index in [4.69, 9.17) is 20.6 Å². The molecule has 0 aliphatic heterocycles. The Morgan fingerprint density at radius 1 is 0.878 bits per heavy atom. The molecule has 0 saturated carbocycles. The summed E-state index contributed by atoms with van der Waals surface area (Å²) in [6, 6.07) is 16.2. The molecule has 0 atom stereocenters. The Morgan fingerprint density at radius 2 is 1.47 bits per heavy atom. The topological polar surface area (TPSA) is 83.0 Å². The summed E-state index contributed by atoms with van der Waals surface area (Å²) in [4.78, 5) is 14.7. The molecule has 258 valence electrons. The first-order valence-electron chi connectivity index (χ1n) is 15.0. The molecule has 0 radical (unpaired) electrons. The molecule has 0 amide bonds. The van der Waals surface area contributed by atoms with E-state index in [0.29, 0.717) is 23.3 Å². The lowest BCUT2D eigenvalue weighted by Crippen LogP contribution is -2.29. The summed E-state index contributed by atoms with van der Waals surface area (Å²) in [6.45, 7) is 8.99. The van der Waals surface area contributed by atoms with Gasteiger partial charge in [-0.3, -0.25) is 4.79 Å². The Bertz CT molecular complexity index is 1950. The Labute approximate surface area is 285 Å². The fourth-order valence-corrected chi connectivity index (χ4v) is 6.22. The zero-order valence-electron chi connectivity index (χ0n) is 27.0. The van der Waals surface area contributed by atoms with Gasteiger partial charge in [0.05, 0.1) is 28.3 Å². The number of benzene rings is 3. The van der Waals surface area contributed by atoms with Crippen molar-refractivity contribution in [2.24, 2.45) is 0 Å². The highest BCUT2D eigenvalue weighted by atomic mass is 35.5. The Morgan fingerprint density at radius 3 is 2.04 bits per heavy atom. The minimum Gasteiger partial charge on any atom is -0.411 e. The molecule has 7 nitrogen and oxygen atoms in total. The van der Waals surface area contributed by atoms with Crippen molar-refractivity contribution in [3.8, 4) is 22.5 Å². The number of carbonyl (C=O) groups excluding carboxylic acids is 1. The van der Waals surface area contributed by atoms with Crippen molar-refractivity contribution in [2.75, 3.05) is 0 Å². The summed E-state index contributed by atoms with van der Waals surface area (Å²) in [5.74, 6) is -0.629. The average Bonchev–Trinajstić information content (AvgIpc) is 3.65. The predicted molar refractivity (Wildman–Crippen MR) is 174 cm³/mol. The van der Waals surface area contributed by atoms with Crippen molar-refractivity contribution in [3.05, 3.63) is 112 Å². The van der Waals surface area contributed by atoms with Gasteiger partial charge in [-0.2, -0.15) is 26.3 Å². The zero-order chi connectivity index (χ0) is 35.9. The maximum atomic E-state index is 14.7. The van der Waals surface area contributed by atoms with Gasteiger partial charge in [0, 0.05) is 11.1 Å². The highest BCUT2D eigenvalue weighted by Crippen LogP contribution is 2.41. The van der Waals surface area contributed by atoms with E-state index in [0.717, 1.165) is 4.68 Å². The van der Waals surface area contributed by atoms with Crippen LogP contribution in [0.2, 0.25) is 10.1 Å². The molecule has 0 N–H and O–H groups in total. The smallest absolute Gasteiger partial charge is 0.411 e. The summed E-state index contributed by atoms with van der Waals surface area (Å²) in [7, 11) is -1.19. The maximum absolute atomic E-state index is 14.7. The number of carbonyl (C=O) groups is 1. The van der Waals surface area contributed by atoms with Crippen LogP contribution in [0, 0.1) is 0 Å². The van der Waals surface area contributed by atoms with Crippen LogP contribution in [0.25, 0.3) is 22.5 Å². The highest BCUT2D eigenvalue weighted by Gasteiger charge is 2.40. The number of hydrogen-bond acceptors (Lipinski definition) is 6. The Balaban J connectivity index is 1.70. The van der Waals surface area contributed by atoms with Crippen LogP contribution in [-0.2, 0) is 28.9 Å². The monoisotopic (exact) mass is 720 g/mol. The van der Waals surface area contributed by atoms with Crippen molar-refractivity contribution in [3.63, 3.8) is 0 Å². The predicted octanol–water partition coefficient (Wildman–Crippen LogP) is 9.12. The molecule has 0 aliphatic carbocycles. The minimum atomic E-state index is -5.05. The molecule has 15 heteroatoms. The molecule has 5 rings (SSSR count). The third-order valence-corrected chi connectivity index (χ3v) is 9.50. The molecule has 0 fully saturated rings. The van der Waals surface area contributed by atoms with Crippen molar-refractivity contribution >= 4 is 27.1 Å². The van der Waals surface area contributed by atoms with Crippen molar-refractivity contribution in [1.82, 2.24) is 20.2 Å². The van der Waals surface area contributed by atoms with Crippen LogP contribution in [0.5, 0.6) is 0 Å². The summed E-state index contributed by atoms with van der Waals surface area (Å²) in [5.41, 5.74) is -3.81. The van der Waals surface area contributed by atoms with E-state index in [2.05, 4.69) is 15.5 Å². The summed E-state index contributed by atoms with van der Waals surface area (Å²) < 4.78 is 95.3. The van der Waals surface area contributed by atoms with E-state index in [1.807, 2.05) is 20.8 Å². The SMILES string of the molecule is CC(C)(C)[SiH2]OC(C)(C)c1onc(-c2ccccc2Cl)c1C(=O)c1nnn(Cc2cc(C(F)(F)F)cc(C(F)(F)F)c2)c1-c1ccccc1. The van der Waals surface area contributed by atoms with Gasteiger partial charge in [-0.15, -0.1) is 5.10 Å². The molecule has 2 heterocycles. The molecule has 3 aromatic carbocycles. The van der Waals surface area contributed by atoms with Gasteiger partial charge in [0.15, 0.2) is 21.2 Å². The summed E-state index contributed by atoms with van der Waals surface area (Å²) in [5, 5.41) is 12.6. The normalized spacial score (nSPS) is 13.1. The molecule has 2 aromatic heterocycles. The van der Waals surface area contributed by atoms with Gasteiger partial charge < -0.3 is 8.95 Å².